The number of ether oxygens (including phenoxy) is 1. The first-order valence-corrected chi connectivity index (χ1v) is 4.76. The summed E-state index contributed by atoms with van der Waals surface area (Å²) >= 11 is 0. The Balaban J connectivity index is 2.80. The largest absolute Gasteiger partial charge is 0.493 e. The summed E-state index contributed by atoms with van der Waals surface area (Å²) in [4.78, 5) is 15.3. The molecule has 0 fully saturated rings. The molecule has 1 heterocycles. The van der Waals surface area contributed by atoms with Crippen molar-refractivity contribution >= 4 is 17.4 Å². The Labute approximate surface area is 88.6 Å². The van der Waals surface area contributed by atoms with Crippen LogP contribution in [-0.2, 0) is 4.79 Å². The number of hydrogen-bond donors (Lipinski definition) is 2. The molecule has 0 aliphatic carbocycles. The predicted octanol–water partition coefficient (Wildman–Crippen LogP) is 1.41. The lowest BCUT2D eigenvalue weighted by atomic mass is 10.3. The third-order valence-electron chi connectivity index (χ3n) is 1.83. The van der Waals surface area contributed by atoms with E-state index in [1.807, 2.05) is 6.92 Å². The highest BCUT2D eigenvalue weighted by Crippen LogP contribution is 2.23. The molecule has 0 radical (unpaired) electrons. The molecule has 0 spiro atoms. The van der Waals surface area contributed by atoms with Crippen molar-refractivity contribution in [2.75, 3.05) is 18.2 Å². The van der Waals surface area contributed by atoms with E-state index in [-0.39, 0.29) is 5.91 Å². The van der Waals surface area contributed by atoms with Crippen molar-refractivity contribution in [2.24, 2.45) is 0 Å². The Morgan fingerprint density at radius 2 is 2.40 bits per heavy atom. The van der Waals surface area contributed by atoms with Gasteiger partial charge in [0.1, 0.15) is 0 Å². The summed E-state index contributed by atoms with van der Waals surface area (Å²) in [5.41, 5.74) is 6.04. The predicted molar refractivity (Wildman–Crippen MR) is 58.7 cm³/mol. The molecule has 5 nitrogen and oxygen atoms in total. The van der Waals surface area contributed by atoms with Crippen LogP contribution in [0.1, 0.15) is 19.8 Å². The molecule has 15 heavy (non-hydrogen) atoms. The third kappa shape index (κ3) is 3.12. The van der Waals surface area contributed by atoms with Crippen LogP contribution in [0.25, 0.3) is 0 Å². The number of aromatic nitrogens is 1. The van der Waals surface area contributed by atoms with Gasteiger partial charge in [-0.3, -0.25) is 4.79 Å². The first-order valence-electron chi connectivity index (χ1n) is 4.76. The maximum atomic E-state index is 11.3. The molecule has 5 heteroatoms. The number of hydrogen-bond acceptors (Lipinski definition) is 4. The van der Waals surface area contributed by atoms with Crippen molar-refractivity contribution < 1.29 is 9.53 Å². The Bertz CT molecular complexity index is 353. The lowest BCUT2D eigenvalue weighted by molar-refractivity contribution is -0.116. The lowest BCUT2D eigenvalue weighted by Crippen LogP contribution is -2.12. The number of methoxy groups -OCH3 is 1. The molecule has 0 aliphatic rings. The van der Waals surface area contributed by atoms with Gasteiger partial charge in [0.15, 0.2) is 11.6 Å². The fourth-order valence-electron chi connectivity index (χ4n) is 1.13. The Morgan fingerprint density at radius 3 is 3.00 bits per heavy atom. The van der Waals surface area contributed by atoms with Gasteiger partial charge in [-0.2, -0.15) is 0 Å². The van der Waals surface area contributed by atoms with Gasteiger partial charge < -0.3 is 15.8 Å². The molecule has 0 aliphatic heterocycles. The second-order valence-electron chi connectivity index (χ2n) is 3.12. The van der Waals surface area contributed by atoms with Crippen molar-refractivity contribution in [1.82, 2.24) is 4.98 Å². The Hall–Kier alpha value is -1.78. The first-order chi connectivity index (χ1) is 7.17. The molecule has 1 aromatic rings. The summed E-state index contributed by atoms with van der Waals surface area (Å²) in [5.74, 6) is 0.803. The average molecular weight is 209 g/mol. The van der Waals surface area contributed by atoms with Crippen LogP contribution in [0, 0.1) is 0 Å². The van der Waals surface area contributed by atoms with E-state index in [2.05, 4.69) is 10.3 Å². The molecule has 0 saturated heterocycles. The SMILES string of the molecule is CCCC(=O)Nc1ncc(N)cc1OC. The van der Waals surface area contributed by atoms with Crippen LogP contribution in [0.2, 0.25) is 0 Å². The summed E-state index contributed by atoms with van der Waals surface area (Å²) in [5, 5.41) is 2.66. The van der Waals surface area contributed by atoms with E-state index in [4.69, 9.17) is 10.5 Å². The Morgan fingerprint density at radius 1 is 1.67 bits per heavy atom. The summed E-state index contributed by atoms with van der Waals surface area (Å²) in [7, 11) is 1.51. The van der Waals surface area contributed by atoms with Crippen molar-refractivity contribution in [1.29, 1.82) is 0 Å². The number of nitrogens with one attached hydrogen (secondary N) is 1. The smallest absolute Gasteiger partial charge is 0.225 e. The molecule has 1 aromatic heterocycles. The van der Waals surface area contributed by atoms with Crippen molar-refractivity contribution in [2.45, 2.75) is 19.8 Å². The highest BCUT2D eigenvalue weighted by molar-refractivity contribution is 5.91. The number of carbonyl (C=O) groups is 1. The van der Waals surface area contributed by atoms with Gasteiger partial charge in [0, 0.05) is 12.5 Å². The first kappa shape index (κ1) is 11.3. The minimum atomic E-state index is -0.0759. The zero-order valence-electron chi connectivity index (χ0n) is 8.91. The molecule has 0 atom stereocenters. The monoisotopic (exact) mass is 209 g/mol. The molecular weight excluding hydrogens is 194 g/mol. The summed E-state index contributed by atoms with van der Waals surface area (Å²) in [6.07, 6.45) is 2.74. The minimum absolute atomic E-state index is 0.0759. The molecule has 0 unspecified atom stereocenters. The second kappa shape index (κ2) is 5.19. The van der Waals surface area contributed by atoms with Gasteiger partial charge in [0.25, 0.3) is 0 Å². The minimum Gasteiger partial charge on any atom is -0.493 e. The molecule has 82 valence electrons. The van der Waals surface area contributed by atoms with Gasteiger partial charge in [0.2, 0.25) is 5.91 Å². The van der Waals surface area contributed by atoms with Crippen LogP contribution in [-0.4, -0.2) is 18.0 Å². The number of rotatable bonds is 4. The lowest BCUT2D eigenvalue weighted by Gasteiger charge is -2.08. The van der Waals surface area contributed by atoms with Gasteiger partial charge in [-0.15, -0.1) is 0 Å². The van der Waals surface area contributed by atoms with Crippen molar-refractivity contribution in [3.05, 3.63) is 12.3 Å². The third-order valence-corrected chi connectivity index (χ3v) is 1.83. The van der Waals surface area contributed by atoms with E-state index in [1.165, 1.54) is 13.3 Å². The topological polar surface area (TPSA) is 77.2 Å². The standard InChI is InChI=1S/C10H15N3O2/c1-3-4-9(14)13-10-8(15-2)5-7(11)6-12-10/h5-6H,3-4,11H2,1-2H3,(H,12,13,14). The van der Waals surface area contributed by atoms with Crippen LogP contribution in [0.15, 0.2) is 12.3 Å². The quantitative estimate of drug-likeness (QED) is 0.786. The summed E-state index contributed by atoms with van der Waals surface area (Å²) in [6.45, 7) is 1.94. The van der Waals surface area contributed by atoms with Gasteiger partial charge >= 0.3 is 0 Å². The summed E-state index contributed by atoms with van der Waals surface area (Å²) in [6, 6.07) is 1.62. The highest BCUT2D eigenvalue weighted by atomic mass is 16.5. The maximum Gasteiger partial charge on any atom is 0.225 e. The van der Waals surface area contributed by atoms with Gasteiger partial charge in [0.05, 0.1) is 19.0 Å². The number of anilines is 2. The van der Waals surface area contributed by atoms with Gasteiger partial charge in [-0.25, -0.2) is 4.98 Å². The fourth-order valence-corrected chi connectivity index (χ4v) is 1.13. The molecule has 0 saturated carbocycles. The molecular formula is C10H15N3O2. The highest BCUT2D eigenvalue weighted by Gasteiger charge is 2.08. The molecule has 1 amide bonds. The van der Waals surface area contributed by atoms with E-state index in [0.29, 0.717) is 23.7 Å². The molecule has 0 aromatic carbocycles. The maximum absolute atomic E-state index is 11.3. The number of nitrogen functional groups attached to an aromatic ring is 1. The van der Waals surface area contributed by atoms with Gasteiger partial charge in [-0.05, 0) is 6.42 Å². The molecule has 0 bridgehead atoms. The summed E-state index contributed by atoms with van der Waals surface area (Å²) < 4.78 is 5.05. The van der Waals surface area contributed by atoms with E-state index in [1.54, 1.807) is 6.07 Å². The van der Waals surface area contributed by atoms with Crippen molar-refractivity contribution in [3.8, 4) is 5.75 Å². The normalized spacial score (nSPS) is 9.73. The zero-order chi connectivity index (χ0) is 11.3. The zero-order valence-corrected chi connectivity index (χ0v) is 8.91. The number of nitrogens with two attached hydrogens (primary N) is 1. The van der Waals surface area contributed by atoms with E-state index >= 15 is 0 Å². The van der Waals surface area contributed by atoms with Crippen LogP contribution >= 0.6 is 0 Å². The number of amides is 1. The second-order valence-corrected chi connectivity index (χ2v) is 3.12. The van der Waals surface area contributed by atoms with Crippen LogP contribution in [0.5, 0.6) is 5.75 Å². The van der Waals surface area contributed by atoms with Crippen molar-refractivity contribution in [3.63, 3.8) is 0 Å². The van der Waals surface area contributed by atoms with Gasteiger partial charge in [-0.1, -0.05) is 6.92 Å². The number of pyridine rings is 1. The van der Waals surface area contributed by atoms with Crippen LogP contribution in [0.4, 0.5) is 11.5 Å². The molecule has 1 rings (SSSR count). The van der Waals surface area contributed by atoms with E-state index < -0.39 is 0 Å². The number of nitrogens with zero attached hydrogens (tertiary/aromatic N) is 1. The Kier molecular flexibility index (Phi) is 3.91. The van der Waals surface area contributed by atoms with Crippen LogP contribution in [0.3, 0.4) is 0 Å². The fraction of sp³-hybridized carbons (Fsp3) is 0.400. The number of carbonyl (C=O) groups excluding carboxylic acids is 1. The van der Waals surface area contributed by atoms with E-state index in [0.717, 1.165) is 6.42 Å². The van der Waals surface area contributed by atoms with Crippen LogP contribution < -0.4 is 15.8 Å². The molecule has 3 N–H and O–H groups in total. The average Bonchev–Trinajstić information content (AvgIpc) is 2.21. The van der Waals surface area contributed by atoms with E-state index in [9.17, 15) is 4.79 Å².